The molecule has 0 bridgehead atoms. The topological polar surface area (TPSA) is 63.3 Å². The number of carbonyl (C=O) groups is 1. The van der Waals surface area contributed by atoms with Crippen molar-refractivity contribution < 1.29 is 26.8 Å². The third-order valence-corrected chi connectivity index (χ3v) is 5.13. The average Bonchev–Trinajstić information content (AvgIpc) is 3.40. The van der Waals surface area contributed by atoms with Crippen LogP contribution in [0.4, 0.5) is 23.2 Å². The molecule has 0 saturated carbocycles. The number of nitrogens with one attached hydrogen (secondary N) is 1. The van der Waals surface area contributed by atoms with E-state index in [9.17, 15) is 22.4 Å². The number of aromatic nitrogens is 2. The zero-order valence-electron chi connectivity index (χ0n) is 16.5. The van der Waals surface area contributed by atoms with Gasteiger partial charge in [0, 0.05) is 17.8 Å². The molecule has 1 aliphatic rings. The maximum Gasteiger partial charge on any atom is 0.291 e. The van der Waals surface area contributed by atoms with Gasteiger partial charge >= 0.3 is 0 Å². The molecule has 3 aromatic rings. The number of amides is 1. The summed E-state index contributed by atoms with van der Waals surface area (Å²) in [6.45, 7) is 2.16. The highest BCUT2D eigenvalue weighted by Crippen LogP contribution is 2.21. The zero-order chi connectivity index (χ0) is 22.0. The first-order valence-corrected chi connectivity index (χ1v) is 9.87. The molecule has 3 heterocycles. The Labute approximate surface area is 175 Å². The third-order valence-electron chi connectivity index (χ3n) is 5.13. The van der Waals surface area contributed by atoms with Crippen LogP contribution < -0.4 is 5.32 Å². The second-order valence-corrected chi connectivity index (χ2v) is 7.43. The number of carbonyl (C=O) groups excluding carboxylic acids is 1. The molecule has 4 rings (SSSR count). The van der Waals surface area contributed by atoms with Crippen LogP contribution >= 0.6 is 0 Å². The lowest BCUT2D eigenvalue weighted by Gasteiger charge is -2.25. The summed E-state index contributed by atoms with van der Waals surface area (Å²) in [6, 6.07) is 3.60. The number of halogens is 4. The summed E-state index contributed by atoms with van der Waals surface area (Å²) in [4.78, 5) is 14.7. The summed E-state index contributed by atoms with van der Waals surface area (Å²) in [5, 5.41) is 6.47. The number of piperidine rings is 1. The second kappa shape index (κ2) is 8.93. The van der Waals surface area contributed by atoms with Crippen molar-refractivity contribution in [1.82, 2.24) is 14.7 Å². The van der Waals surface area contributed by atoms with Gasteiger partial charge in [-0.25, -0.2) is 17.6 Å². The summed E-state index contributed by atoms with van der Waals surface area (Å²) in [7, 11) is 0. The van der Waals surface area contributed by atoms with Crippen molar-refractivity contribution in [1.29, 1.82) is 0 Å². The monoisotopic (exact) mass is 436 g/mol. The van der Waals surface area contributed by atoms with E-state index in [1.165, 1.54) is 18.8 Å². The molecule has 164 valence electrons. The minimum atomic E-state index is -1.75. The quantitative estimate of drug-likeness (QED) is 0.355. The number of hydrogen-bond acceptors (Lipinski definition) is 4. The summed E-state index contributed by atoms with van der Waals surface area (Å²) in [6.07, 6.45) is 6.11. The predicted octanol–water partition coefficient (Wildman–Crippen LogP) is 4.32. The molecule has 6 nitrogen and oxygen atoms in total. The van der Waals surface area contributed by atoms with Crippen molar-refractivity contribution in [3.63, 3.8) is 0 Å². The van der Waals surface area contributed by atoms with Gasteiger partial charge < -0.3 is 9.73 Å². The summed E-state index contributed by atoms with van der Waals surface area (Å²) in [5.41, 5.74) is -0.421. The average molecular weight is 436 g/mol. The smallest absolute Gasteiger partial charge is 0.291 e. The van der Waals surface area contributed by atoms with Crippen molar-refractivity contribution in [2.45, 2.75) is 32.4 Å². The van der Waals surface area contributed by atoms with Gasteiger partial charge in [-0.3, -0.25) is 14.4 Å². The Morgan fingerprint density at radius 2 is 1.81 bits per heavy atom. The minimum Gasteiger partial charge on any atom is -0.455 e. The number of nitrogens with zero attached hydrogens (tertiary/aromatic N) is 3. The summed E-state index contributed by atoms with van der Waals surface area (Å²) in [5.74, 6) is -5.90. The van der Waals surface area contributed by atoms with E-state index in [0.29, 0.717) is 12.3 Å². The molecule has 1 fully saturated rings. The van der Waals surface area contributed by atoms with Gasteiger partial charge in [0.2, 0.25) is 0 Å². The van der Waals surface area contributed by atoms with E-state index in [4.69, 9.17) is 4.42 Å². The van der Waals surface area contributed by atoms with E-state index < -0.39 is 41.3 Å². The number of anilines is 1. The molecule has 1 N–H and O–H groups in total. The van der Waals surface area contributed by atoms with E-state index in [1.807, 2.05) is 0 Å². The fraction of sp³-hybridized carbons (Fsp3) is 0.333. The van der Waals surface area contributed by atoms with Crippen LogP contribution in [-0.2, 0) is 13.1 Å². The minimum absolute atomic E-state index is 0.123. The Balaban J connectivity index is 1.39. The fourth-order valence-electron chi connectivity index (χ4n) is 3.54. The van der Waals surface area contributed by atoms with Crippen LogP contribution in [0.15, 0.2) is 35.0 Å². The van der Waals surface area contributed by atoms with Gasteiger partial charge in [-0.1, -0.05) is 6.42 Å². The van der Waals surface area contributed by atoms with Crippen LogP contribution in [-0.4, -0.2) is 33.7 Å². The van der Waals surface area contributed by atoms with Crippen molar-refractivity contribution in [2.24, 2.45) is 0 Å². The largest absolute Gasteiger partial charge is 0.455 e. The number of rotatable bonds is 6. The fourth-order valence-corrected chi connectivity index (χ4v) is 3.54. The number of benzene rings is 1. The lowest BCUT2D eigenvalue weighted by molar-refractivity contribution is 0.0992. The Morgan fingerprint density at radius 1 is 1.03 bits per heavy atom. The van der Waals surface area contributed by atoms with E-state index in [1.54, 1.807) is 12.1 Å². The van der Waals surface area contributed by atoms with Crippen LogP contribution in [0.25, 0.3) is 0 Å². The van der Waals surface area contributed by atoms with E-state index in [0.717, 1.165) is 30.6 Å². The van der Waals surface area contributed by atoms with Gasteiger partial charge in [-0.2, -0.15) is 5.10 Å². The molecular weight excluding hydrogens is 416 g/mol. The molecule has 1 aromatic carbocycles. The van der Waals surface area contributed by atoms with Crippen LogP contribution in [0, 0.1) is 23.3 Å². The number of likely N-dealkylation sites (tertiary alicyclic amines) is 1. The van der Waals surface area contributed by atoms with Crippen molar-refractivity contribution >= 4 is 11.6 Å². The van der Waals surface area contributed by atoms with E-state index in [-0.39, 0.29) is 17.5 Å². The highest BCUT2D eigenvalue weighted by molar-refractivity contribution is 6.02. The van der Waals surface area contributed by atoms with Crippen LogP contribution in [0.3, 0.4) is 0 Å². The molecule has 1 saturated heterocycles. The Kier molecular flexibility index (Phi) is 6.08. The molecule has 0 radical (unpaired) electrons. The van der Waals surface area contributed by atoms with E-state index in [2.05, 4.69) is 15.3 Å². The highest BCUT2D eigenvalue weighted by Gasteiger charge is 2.20. The standard InChI is InChI=1S/C21H20F4N4O2/c22-16-8-17(23)20(25)19(24)15(16)12-29-10-13(9-26-29)27-21(30)18-5-4-14(31-18)11-28-6-2-1-3-7-28/h4-5,8-10H,1-3,6-7,11-12H2,(H,27,30). The predicted molar refractivity (Wildman–Crippen MR) is 103 cm³/mol. The van der Waals surface area contributed by atoms with Gasteiger partial charge in [0.15, 0.2) is 23.2 Å². The molecule has 0 spiro atoms. The maximum atomic E-state index is 13.8. The molecular formula is C21H20F4N4O2. The first-order valence-electron chi connectivity index (χ1n) is 9.87. The zero-order valence-corrected chi connectivity index (χ0v) is 16.5. The van der Waals surface area contributed by atoms with Gasteiger partial charge in [0.05, 0.1) is 25.0 Å². The SMILES string of the molecule is O=C(Nc1cnn(Cc2c(F)cc(F)c(F)c2F)c1)c1ccc(CN2CCCCC2)o1. The molecule has 31 heavy (non-hydrogen) atoms. The third kappa shape index (κ3) is 4.79. The molecule has 2 aromatic heterocycles. The summed E-state index contributed by atoms with van der Waals surface area (Å²) >= 11 is 0. The van der Waals surface area contributed by atoms with Gasteiger partial charge in [-0.15, -0.1) is 0 Å². The van der Waals surface area contributed by atoms with Crippen molar-refractivity contribution in [3.8, 4) is 0 Å². The first kappa shape index (κ1) is 21.1. The van der Waals surface area contributed by atoms with Gasteiger partial charge in [0.25, 0.3) is 5.91 Å². The van der Waals surface area contributed by atoms with Gasteiger partial charge in [-0.05, 0) is 38.1 Å². The summed E-state index contributed by atoms with van der Waals surface area (Å²) < 4.78 is 60.8. The molecule has 0 aliphatic carbocycles. The van der Waals surface area contributed by atoms with Crippen molar-refractivity contribution in [2.75, 3.05) is 18.4 Å². The number of furan rings is 1. The van der Waals surface area contributed by atoms with Crippen LogP contribution in [0.1, 0.15) is 41.1 Å². The van der Waals surface area contributed by atoms with Gasteiger partial charge in [0.1, 0.15) is 11.6 Å². The Morgan fingerprint density at radius 3 is 2.58 bits per heavy atom. The molecule has 10 heteroatoms. The lowest BCUT2D eigenvalue weighted by atomic mass is 10.1. The number of hydrogen-bond donors (Lipinski definition) is 1. The first-order chi connectivity index (χ1) is 14.9. The molecule has 0 atom stereocenters. The Bertz CT molecular complexity index is 1090. The molecule has 1 aliphatic heterocycles. The molecule has 1 amide bonds. The van der Waals surface area contributed by atoms with Crippen LogP contribution in [0.2, 0.25) is 0 Å². The van der Waals surface area contributed by atoms with Crippen molar-refractivity contribution in [3.05, 3.63) is 70.9 Å². The molecule has 0 unspecified atom stereocenters. The Hall–Kier alpha value is -3.14. The highest BCUT2D eigenvalue weighted by atomic mass is 19.2. The second-order valence-electron chi connectivity index (χ2n) is 7.43. The maximum absolute atomic E-state index is 13.8. The van der Waals surface area contributed by atoms with E-state index >= 15 is 0 Å². The normalized spacial score (nSPS) is 14.7. The lowest BCUT2D eigenvalue weighted by Crippen LogP contribution is -2.28. The van der Waals surface area contributed by atoms with Crippen LogP contribution in [0.5, 0.6) is 0 Å².